The molecule has 1 aliphatic carbocycles. The van der Waals surface area contributed by atoms with Crippen LogP contribution in [0, 0.1) is 11.3 Å². The van der Waals surface area contributed by atoms with Gasteiger partial charge in [-0.1, -0.05) is 17.3 Å². The van der Waals surface area contributed by atoms with E-state index in [2.05, 4.69) is 10.3 Å². The number of ether oxygens (including phenoxy) is 2. The van der Waals surface area contributed by atoms with E-state index in [0.29, 0.717) is 21.5 Å². The molecule has 1 fully saturated rings. The second kappa shape index (κ2) is 11.8. The van der Waals surface area contributed by atoms with Crippen molar-refractivity contribution < 1.29 is 28.7 Å². The van der Waals surface area contributed by atoms with Crippen LogP contribution in [0.15, 0.2) is 53.3 Å². The van der Waals surface area contributed by atoms with Gasteiger partial charge < -0.3 is 9.47 Å². The first-order chi connectivity index (χ1) is 20.4. The molecule has 224 valence electrons. The lowest BCUT2D eigenvalue weighted by molar-refractivity contribution is -0.170. The monoisotopic (exact) mass is 603 g/mol. The van der Waals surface area contributed by atoms with Crippen molar-refractivity contribution in [2.45, 2.75) is 65.5 Å². The van der Waals surface area contributed by atoms with Gasteiger partial charge in [0, 0.05) is 23.6 Å². The van der Waals surface area contributed by atoms with Gasteiger partial charge in [0.15, 0.2) is 11.6 Å². The first-order valence-corrected chi connectivity index (χ1v) is 15.0. The highest BCUT2D eigenvalue weighted by Crippen LogP contribution is 2.37. The molecule has 4 aromatic rings. The van der Waals surface area contributed by atoms with Crippen molar-refractivity contribution >= 4 is 55.6 Å². The minimum absolute atomic E-state index is 0.00896. The Morgan fingerprint density at radius 3 is 2.49 bits per heavy atom. The van der Waals surface area contributed by atoms with E-state index in [0.717, 1.165) is 27.6 Å². The number of aryl methyl sites for hydroxylation is 1. The van der Waals surface area contributed by atoms with Crippen molar-refractivity contribution in [1.29, 1.82) is 0 Å². The molecule has 11 heteroatoms. The van der Waals surface area contributed by atoms with Crippen LogP contribution in [0.2, 0.25) is 0 Å². The number of rotatable bonds is 12. The number of ketones is 3. The van der Waals surface area contributed by atoms with Crippen molar-refractivity contribution in [3.05, 3.63) is 63.8 Å². The summed E-state index contributed by atoms with van der Waals surface area (Å²) < 4.78 is 13.2. The number of thiophene rings is 1. The van der Waals surface area contributed by atoms with E-state index in [9.17, 15) is 24.0 Å². The fourth-order valence-electron chi connectivity index (χ4n) is 4.83. The summed E-state index contributed by atoms with van der Waals surface area (Å²) >= 11 is 1.21. The highest BCUT2D eigenvalue weighted by molar-refractivity contribution is 7.20. The van der Waals surface area contributed by atoms with Crippen LogP contribution in [0.4, 0.5) is 0 Å². The second-order valence-corrected chi connectivity index (χ2v) is 13.0. The topological polar surface area (TPSA) is 135 Å². The number of hydrogen-bond acceptors (Lipinski definition) is 10. The fourth-order valence-corrected chi connectivity index (χ4v) is 5.86. The first kappa shape index (κ1) is 30.2. The zero-order chi connectivity index (χ0) is 30.9. The number of Topliss-reactive ketones (excluding diaryl/α,β-unsaturated/α-hetero) is 3. The van der Waals surface area contributed by atoms with Crippen molar-refractivity contribution in [3.8, 4) is 5.75 Å². The van der Waals surface area contributed by atoms with Gasteiger partial charge in [0.25, 0.3) is 5.56 Å². The molecule has 5 rings (SSSR count). The molecule has 1 saturated carbocycles. The Hall–Kier alpha value is -4.25. The smallest absolute Gasteiger partial charge is 0.320 e. The normalized spacial score (nSPS) is 14.8. The Bertz CT molecular complexity index is 1800. The molecule has 0 bridgehead atoms. The quantitative estimate of drug-likeness (QED) is 0.125. The number of fused-ring (bicyclic) bond motifs is 2. The van der Waals surface area contributed by atoms with Crippen LogP contribution in [0.5, 0.6) is 5.75 Å². The fraction of sp³-hybridized carbons (Fsp3) is 0.406. The van der Waals surface area contributed by atoms with E-state index in [1.807, 2.05) is 0 Å². The van der Waals surface area contributed by atoms with Gasteiger partial charge in [-0.2, -0.15) is 0 Å². The summed E-state index contributed by atoms with van der Waals surface area (Å²) in [4.78, 5) is 66.1. The largest absolute Gasteiger partial charge is 0.486 e. The second-order valence-electron chi connectivity index (χ2n) is 12.0. The average Bonchev–Trinajstić information content (AvgIpc) is 3.72. The van der Waals surface area contributed by atoms with Gasteiger partial charge in [-0.3, -0.25) is 24.0 Å². The summed E-state index contributed by atoms with van der Waals surface area (Å²) in [5, 5.41) is 9.22. The lowest BCUT2D eigenvalue weighted by Crippen LogP contribution is -2.45. The van der Waals surface area contributed by atoms with Crippen LogP contribution >= 0.6 is 11.3 Å². The van der Waals surface area contributed by atoms with E-state index in [4.69, 9.17) is 9.47 Å². The molecule has 0 radical (unpaired) electrons. The SMILES string of the molecule is CC(=O)C(CCn1nnc2ccccc2c1=O)(CC(=O)c1cc2ccc(OCC(=O)C3CC3)cc2s1)C(=O)OC(C)(C)C. The number of carbonyl (C=O) groups is 4. The predicted octanol–water partition coefficient (Wildman–Crippen LogP) is 4.94. The molecule has 0 aliphatic heterocycles. The van der Waals surface area contributed by atoms with Gasteiger partial charge in [-0.15, -0.1) is 16.4 Å². The van der Waals surface area contributed by atoms with Gasteiger partial charge in [0.2, 0.25) is 0 Å². The number of carbonyl (C=O) groups excluding carboxylic acids is 4. The van der Waals surface area contributed by atoms with Crippen LogP contribution in [0.1, 0.15) is 63.0 Å². The molecule has 10 nitrogen and oxygen atoms in total. The Morgan fingerprint density at radius 2 is 1.79 bits per heavy atom. The lowest BCUT2D eigenvalue weighted by atomic mass is 9.75. The summed E-state index contributed by atoms with van der Waals surface area (Å²) in [5.41, 5.74) is -2.77. The Labute approximate surface area is 252 Å². The Balaban J connectivity index is 1.41. The average molecular weight is 604 g/mol. The summed E-state index contributed by atoms with van der Waals surface area (Å²) in [5.74, 6) is -1.08. The molecular formula is C32H33N3O7S. The van der Waals surface area contributed by atoms with Gasteiger partial charge >= 0.3 is 5.97 Å². The molecule has 1 atom stereocenters. The highest BCUT2D eigenvalue weighted by atomic mass is 32.1. The summed E-state index contributed by atoms with van der Waals surface area (Å²) in [7, 11) is 0. The number of esters is 1. The third-order valence-corrected chi connectivity index (χ3v) is 8.62. The molecular weight excluding hydrogens is 570 g/mol. The van der Waals surface area contributed by atoms with E-state index >= 15 is 0 Å². The highest BCUT2D eigenvalue weighted by Gasteiger charge is 2.48. The minimum atomic E-state index is -1.86. The molecule has 2 aromatic heterocycles. The lowest BCUT2D eigenvalue weighted by Gasteiger charge is -2.32. The third kappa shape index (κ3) is 6.72. The summed E-state index contributed by atoms with van der Waals surface area (Å²) in [6.45, 7) is 6.18. The van der Waals surface area contributed by atoms with Crippen molar-refractivity contribution in [2.75, 3.05) is 6.61 Å². The van der Waals surface area contributed by atoms with Crippen LogP contribution in [-0.2, 0) is 25.7 Å². The number of benzene rings is 2. The maximum Gasteiger partial charge on any atom is 0.320 e. The molecule has 2 heterocycles. The molecule has 2 aromatic carbocycles. The van der Waals surface area contributed by atoms with Gasteiger partial charge in [0.05, 0.1) is 10.3 Å². The van der Waals surface area contributed by atoms with Crippen molar-refractivity contribution in [2.24, 2.45) is 11.3 Å². The number of nitrogens with zero attached hydrogens (tertiary/aromatic N) is 3. The number of aromatic nitrogens is 3. The molecule has 0 amide bonds. The minimum Gasteiger partial charge on any atom is -0.486 e. The maximum absolute atomic E-state index is 13.7. The van der Waals surface area contributed by atoms with Gasteiger partial charge in [-0.25, -0.2) is 4.68 Å². The zero-order valence-corrected chi connectivity index (χ0v) is 25.4. The molecule has 0 N–H and O–H groups in total. The Kier molecular flexibility index (Phi) is 8.29. The van der Waals surface area contributed by atoms with Crippen LogP contribution in [0.3, 0.4) is 0 Å². The molecule has 43 heavy (non-hydrogen) atoms. The first-order valence-electron chi connectivity index (χ1n) is 14.2. The van der Waals surface area contributed by atoms with E-state index in [1.54, 1.807) is 69.3 Å². The molecule has 0 spiro atoms. The van der Waals surface area contributed by atoms with E-state index < -0.39 is 40.5 Å². The van der Waals surface area contributed by atoms with Gasteiger partial charge in [-0.05, 0) is 88.7 Å². The van der Waals surface area contributed by atoms with Crippen molar-refractivity contribution in [3.63, 3.8) is 0 Å². The molecule has 1 unspecified atom stereocenters. The molecule has 0 saturated heterocycles. The van der Waals surface area contributed by atoms with Crippen LogP contribution in [-0.4, -0.2) is 50.5 Å². The van der Waals surface area contributed by atoms with Gasteiger partial charge in [0.1, 0.15) is 34.7 Å². The predicted molar refractivity (Wildman–Crippen MR) is 161 cm³/mol. The van der Waals surface area contributed by atoms with E-state index in [1.165, 1.54) is 18.3 Å². The number of hydrogen-bond donors (Lipinski definition) is 0. The van der Waals surface area contributed by atoms with E-state index in [-0.39, 0.29) is 31.3 Å². The summed E-state index contributed by atoms with van der Waals surface area (Å²) in [6.07, 6.45) is 1.19. The zero-order valence-electron chi connectivity index (χ0n) is 24.5. The third-order valence-electron chi connectivity index (χ3n) is 7.49. The molecule has 1 aliphatic rings. The van der Waals surface area contributed by atoms with Crippen LogP contribution < -0.4 is 10.3 Å². The van der Waals surface area contributed by atoms with Crippen molar-refractivity contribution in [1.82, 2.24) is 15.0 Å². The standard InChI is InChI=1S/C32H33N3O7S/c1-19(36)32(30(40)42-31(2,3)4,13-14-35-29(39)23-7-5-6-8-24(23)33-34-35)17-25(37)28-15-21-11-12-22(16-27(21)43-28)41-18-26(38)20-9-10-20/h5-8,11-12,15-16,20H,9-10,13-14,17-18H2,1-4H3. The van der Waals surface area contributed by atoms with Crippen LogP contribution in [0.25, 0.3) is 21.0 Å². The Morgan fingerprint density at radius 1 is 1.05 bits per heavy atom. The summed E-state index contributed by atoms with van der Waals surface area (Å²) in [6, 6.07) is 13.8. The maximum atomic E-state index is 13.7.